The standard InChI is InChI=1S/C17H25N3.2ClH/c1-13(2)11-17(20-9-7-18-8-10-20)15-12-19-16-6-4-3-5-14(15)16;;/h3-6,12-13,17-19H,7-11H2,1-2H3;2*1H/t17-;;/m0../s1. The summed E-state index contributed by atoms with van der Waals surface area (Å²) >= 11 is 0. The zero-order valence-electron chi connectivity index (χ0n) is 13.3. The average Bonchev–Trinajstić information content (AvgIpc) is 2.89. The van der Waals surface area contributed by atoms with E-state index in [9.17, 15) is 0 Å². The summed E-state index contributed by atoms with van der Waals surface area (Å²) in [4.78, 5) is 6.08. The van der Waals surface area contributed by atoms with Crippen LogP contribution in [0.5, 0.6) is 0 Å². The van der Waals surface area contributed by atoms with E-state index >= 15 is 0 Å². The van der Waals surface area contributed by atoms with Gasteiger partial charge in [-0.2, -0.15) is 0 Å². The Morgan fingerprint density at radius 2 is 1.77 bits per heavy atom. The van der Waals surface area contributed by atoms with Crippen LogP contribution in [-0.4, -0.2) is 36.1 Å². The molecule has 1 aromatic carbocycles. The third-order valence-electron chi connectivity index (χ3n) is 4.27. The molecule has 2 N–H and O–H groups in total. The van der Waals surface area contributed by atoms with Crippen LogP contribution >= 0.6 is 24.8 Å². The number of piperazine rings is 1. The Morgan fingerprint density at radius 3 is 2.45 bits per heavy atom. The van der Waals surface area contributed by atoms with Gasteiger partial charge in [0, 0.05) is 49.3 Å². The molecule has 1 aromatic heterocycles. The van der Waals surface area contributed by atoms with E-state index in [0.29, 0.717) is 12.0 Å². The molecule has 1 aliphatic heterocycles. The maximum absolute atomic E-state index is 3.46. The zero-order chi connectivity index (χ0) is 13.9. The highest BCUT2D eigenvalue weighted by atomic mass is 35.5. The number of hydrogen-bond donors (Lipinski definition) is 2. The van der Waals surface area contributed by atoms with Gasteiger partial charge in [-0.25, -0.2) is 0 Å². The number of fused-ring (bicyclic) bond motifs is 1. The highest BCUT2D eigenvalue weighted by Crippen LogP contribution is 2.33. The molecule has 0 unspecified atom stereocenters. The SMILES string of the molecule is CC(C)C[C@@H](c1c[nH]c2ccccc12)N1CCNCC1.Cl.Cl. The van der Waals surface area contributed by atoms with E-state index in [0.717, 1.165) is 26.2 Å². The molecule has 1 saturated heterocycles. The van der Waals surface area contributed by atoms with Crippen LogP contribution in [0.25, 0.3) is 10.9 Å². The topological polar surface area (TPSA) is 31.1 Å². The number of H-pyrrole nitrogens is 1. The largest absolute Gasteiger partial charge is 0.361 e. The Morgan fingerprint density at radius 1 is 1.09 bits per heavy atom. The van der Waals surface area contributed by atoms with Crippen molar-refractivity contribution in [1.29, 1.82) is 0 Å². The van der Waals surface area contributed by atoms with Gasteiger partial charge in [-0.15, -0.1) is 24.8 Å². The Balaban J connectivity index is 0.00000121. The van der Waals surface area contributed by atoms with Crippen molar-refractivity contribution in [2.24, 2.45) is 5.92 Å². The predicted octanol–water partition coefficient (Wildman–Crippen LogP) is 4.00. The summed E-state index contributed by atoms with van der Waals surface area (Å²) in [6.45, 7) is 9.16. The van der Waals surface area contributed by atoms with Gasteiger partial charge in [0.05, 0.1) is 0 Å². The summed E-state index contributed by atoms with van der Waals surface area (Å²) in [5.74, 6) is 0.712. The van der Waals surface area contributed by atoms with Gasteiger partial charge in [-0.3, -0.25) is 4.90 Å². The summed E-state index contributed by atoms with van der Waals surface area (Å²) in [7, 11) is 0. The number of benzene rings is 1. The Kier molecular flexibility index (Phi) is 7.70. The van der Waals surface area contributed by atoms with Gasteiger partial charge in [0.25, 0.3) is 0 Å². The summed E-state index contributed by atoms with van der Waals surface area (Å²) in [5.41, 5.74) is 2.72. The number of nitrogens with one attached hydrogen (secondary N) is 2. The molecule has 0 saturated carbocycles. The summed E-state index contributed by atoms with van der Waals surface area (Å²) in [6, 6.07) is 9.20. The van der Waals surface area contributed by atoms with Gasteiger partial charge >= 0.3 is 0 Å². The molecule has 0 radical (unpaired) electrons. The van der Waals surface area contributed by atoms with Gasteiger partial charge in [-0.1, -0.05) is 32.0 Å². The predicted molar refractivity (Wildman–Crippen MR) is 99.4 cm³/mol. The maximum Gasteiger partial charge on any atom is 0.0457 e. The molecule has 0 spiro atoms. The quantitative estimate of drug-likeness (QED) is 0.878. The molecule has 2 heterocycles. The molecular formula is C17H27Cl2N3. The highest BCUT2D eigenvalue weighted by molar-refractivity contribution is 5.85. The van der Waals surface area contributed by atoms with Crippen LogP contribution in [0, 0.1) is 5.92 Å². The Labute approximate surface area is 145 Å². The molecule has 1 fully saturated rings. The normalized spacial score (nSPS) is 17.0. The van der Waals surface area contributed by atoms with Crippen LogP contribution in [-0.2, 0) is 0 Å². The smallest absolute Gasteiger partial charge is 0.0457 e. The lowest BCUT2D eigenvalue weighted by atomic mass is 9.94. The third-order valence-corrected chi connectivity index (χ3v) is 4.27. The first-order valence-electron chi connectivity index (χ1n) is 7.76. The van der Waals surface area contributed by atoms with E-state index in [1.807, 2.05) is 0 Å². The molecule has 1 aliphatic rings. The van der Waals surface area contributed by atoms with E-state index < -0.39 is 0 Å². The molecule has 2 aromatic rings. The van der Waals surface area contributed by atoms with Crippen LogP contribution in [0.4, 0.5) is 0 Å². The van der Waals surface area contributed by atoms with Crippen LogP contribution in [0.15, 0.2) is 30.5 Å². The van der Waals surface area contributed by atoms with E-state index in [1.165, 1.54) is 22.9 Å². The van der Waals surface area contributed by atoms with Gasteiger partial charge in [0.1, 0.15) is 0 Å². The molecule has 22 heavy (non-hydrogen) atoms. The second kappa shape index (κ2) is 8.78. The molecule has 0 bridgehead atoms. The molecule has 5 heteroatoms. The van der Waals surface area contributed by atoms with Gasteiger partial charge in [0.2, 0.25) is 0 Å². The molecule has 0 aliphatic carbocycles. The van der Waals surface area contributed by atoms with Crippen molar-refractivity contribution in [2.75, 3.05) is 26.2 Å². The molecule has 0 amide bonds. The minimum Gasteiger partial charge on any atom is -0.361 e. The summed E-state index contributed by atoms with van der Waals surface area (Å²) in [6.07, 6.45) is 3.45. The monoisotopic (exact) mass is 343 g/mol. The second-order valence-electron chi connectivity index (χ2n) is 6.22. The Bertz CT molecular complexity index is 562. The first-order chi connectivity index (χ1) is 9.75. The number of aromatic nitrogens is 1. The molecule has 3 nitrogen and oxygen atoms in total. The number of halogens is 2. The number of para-hydroxylation sites is 1. The number of hydrogen-bond acceptors (Lipinski definition) is 2. The van der Waals surface area contributed by atoms with Crippen LogP contribution in [0.1, 0.15) is 31.9 Å². The zero-order valence-corrected chi connectivity index (χ0v) is 15.0. The van der Waals surface area contributed by atoms with Crippen molar-refractivity contribution in [3.05, 3.63) is 36.0 Å². The van der Waals surface area contributed by atoms with Crippen LogP contribution in [0.3, 0.4) is 0 Å². The lowest BCUT2D eigenvalue weighted by Gasteiger charge is -2.36. The van der Waals surface area contributed by atoms with E-state index in [2.05, 4.69) is 59.5 Å². The number of rotatable bonds is 4. The fraction of sp³-hybridized carbons (Fsp3) is 0.529. The molecule has 3 rings (SSSR count). The Hall–Kier alpha value is -0.740. The van der Waals surface area contributed by atoms with Crippen LogP contribution in [0.2, 0.25) is 0 Å². The lowest BCUT2D eigenvalue weighted by molar-refractivity contribution is 0.155. The van der Waals surface area contributed by atoms with E-state index in [-0.39, 0.29) is 24.8 Å². The lowest BCUT2D eigenvalue weighted by Crippen LogP contribution is -2.45. The van der Waals surface area contributed by atoms with Crippen molar-refractivity contribution in [3.8, 4) is 0 Å². The maximum atomic E-state index is 3.46. The van der Waals surface area contributed by atoms with Crippen LogP contribution < -0.4 is 5.32 Å². The fourth-order valence-electron chi connectivity index (χ4n) is 3.28. The molecule has 1 atom stereocenters. The van der Waals surface area contributed by atoms with Crippen molar-refractivity contribution in [2.45, 2.75) is 26.3 Å². The summed E-state index contributed by atoms with van der Waals surface area (Å²) in [5, 5.41) is 4.84. The third kappa shape index (κ3) is 4.17. The van der Waals surface area contributed by atoms with Crippen molar-refractivity contribution < 1.29 is 0 Å². The van der Waals surface area contributed by atoms with E-state index in [4.69, 9.17) is 0 Å². The minimum absolute atomic E-state index is 0. The number of nitrogens with zero attached hydrogens (tertiary/aromatic N) is 1. The van der Waals surface area contributed by atoms with Gasteiger partial charge < -0.3 is 10.3 Å². The van der Waals surface area contributed by atoms with Gasteiger partial charge in [-0.05, 0) is 24.0 Å². The average molecular weight is 344 g/mol. The van der Waals surface area contributed by atoms with Crippen molar-refractivity contribution in [1.82, 2.24) is 15.2 Å². The first-order valence-corrected chi connectivity index (χ1v) is 7.76. The van der Waals surface area contributed by atoms with Crippen molar-refractivity contribution in [3.63, 3.8) is 0 Å². The summed E-state index contributed by atoms with van der Waals surface area (Å²) < 4.78 is 0. The fourth-order valence-corrected chi connectivity index (χ4v) is 3.28. The second-order valence-corrected chi connectivity index (χ2v) is 6.22. The first kappa shape index (κ1) is 19.3. The van der Waals surface area contributed by atoms with Crippen molar-refractivity contribution >= 4 is 35.7 Å². The van der Waals surface area contributed by atoms with E-state index in [1.54, 1.807) is 0 Å². The molecular weight excluding hydrogens is 317 g/mol. The number of aromatic amines is 1. The highest BCUT2D eigenvalue weighted by Gasteiger charge is 2.25. The van der Waals surface area contributed by atoms with Gasteiger partial charge in [0.15, 0.2) is 0 Å². The molecule has 124 valence electrons. The minimum atomic E-state index is 0.